The number of hydrogen-bond acceptors (Lipinski definition) is 1. The van der Waals surface area contributed by atoms with Crippen LogP contribution < -0.4 is 4.74 Å². The van der Waals surface area contributed by atoms with Gasteiger partial charge in [-0.3, -0.25) is 0 Å². The van der Waals surface area contributed by atoms with Crippen LogP contribution in [0.3, 0.4) is 0 Å². The summed E-state index contributed by atoms with van der Waals surface area (Å²) in [6.45, 7) is 5.84. The Bertz CT molecular complexity index is 361. The third-order valence-corrected chi connectivity index (χ3v) is 3.95. The van der Waals surface area contributed by atoms with Crippen LogP contribution in [0.25, 0.3) is 0 Å². The Balaban J connectivity index is 3.34. The lowest BCUT2D eigenvalue weighted by Crippen LogP contribution is -2.20. The van der Waals surface area contributed by atoms with Gasteiger partial charge in [0, 0.05) is 16.3 Å². The Morgan fingerprint density at radius 3 is 2.47 bits per heavy atom. The van der Waals surface area contributed by atoms with Gasteiger partial charge in [0.2, 0.25) is 0 Å². The van der Waals surface area contributed by atoms with Gasteiger partial charge in [0.25, 0.3) is 0 Å². The summed E-state index contributed by atoms with van der Waals surface area (Å²) >= 11 is 3.44. The predicted molar refractivity (Wildman–Crippen MR) is 64.5 cm³/mol. The first-order valence-corrected chi connectivity index (χ1v) is 5.95. The third kappa shape index (κ3) is 2.51. The maximum Gasteiger partial charge on any atom is 0.126 e. The van der Waals surface area contributed by atoms with Gasteiger partial charge in [0.05, 0.1) is 7.11 Å². The molecule has 0 unspecified atom stereocenters. The van der Waals surface area contributed by atoms with Crippen LogP contribution in [0.5, 0.6) is 5.75 Å². The summed E-state index contributed by atoms with van der Waals surface area (Å²) in [6.07, 6.45) is 0. The minimum absolute atomic E-state index is 0.139. The van der Waals surface area contributed by atoms with E-state index in [1.165, 1.54) is 0 Å². The van der Waals surface area contributed by atoms with E-state index in [-0.39, 0.29) is 11.2 Å². The molecule has 0 spiro atoms. The lowest BCUT2D eigenvalue weighted by Gasteiger charge is -2.25. The van der Waals surface area contributed by atoms with Crippen molar-refractivity contribution in [3.63, 3.8) is 0 Å². The SMILES string of the molecule is COc1cc(C)c(F)cc1C(C)(C)CBr. The van der Waals surface area contributed by atoms with E-state index in [9.17, 15) is 4.39 Å². The first-order chi connectivity index (χ1) is 6.92. The fraction of sp³-hybridized carbons (Fsp3) is 0.500. The van der Waals surface area contributed by atoms with Crippen molar-refractivity contribution in [3.8, 4) is 5.75 Å². The number of alkyl halides is 1. The van der Waals surface area contributed by atoms with Crippen molar-refractivity contribution in [1.29, 1.82) is 0 Å². The van der Waals surface area contributed by atoms with Crippen molar-refractivity contribution in [1.82, 2.24) is 0 Å². The van der Waals surface area contributed by atoms with Crippen LogP contribution in [-0.4, -0.2) is 12.4 Å². The van der Waals surface area contributed by atoms with E-state index in [1.807, 2.05) is 13.8 Å². The molecule has 1 rings (SSSR count). The lowest BCUT2D eigenvalue weighted by atomic mass is 9.85. The molecule has 84 valence electrons. The van der Waals surface area contributed by atoms with Crippen LogP contribution in [0.4, 0.5) is 4.39 Å². The molecular formula is C12H16BrFO. The predicted octanol–water partition coefficient (Wildman–Crippen LogP) is 3.82. The molecule has 0 bridgehead atoms. The number of ether oxygens (including phenoxy) is 1. The fourth-order valence-corrected chi connectivity index (χ4v) is 1.73. The highest BCUT2D eigenvalue weighted by Gasteiger charge is 2.24. The lowest BCUT2D eigenvalue weighted by molar-refractivity contribution is 0.396. The molecule has 1 aromatic carbocycles. The van der Waals surface area contributed by atoms with Crippen molar-refractivity contribution in [2.45, 2.75) is 26.2 Å². The first-order valence-electron chi connectivity index (χ1n) is 4.83. The summed E-state index contributed by atoms with van der Waals surface area (Å²) in [5, 5.41) is 0.763. The summed E-state index contributed by atoms with van der Waals surface area (Å²) in [5.41, 5.74) is 1.37. The van der Waals surface area contributed by atoms with Crippen molar-refractivity contribution in [2.75, 3.05) is 12.4 Å². The molecule has 15 heavy (non-hydrogen) atoms. The molecule has 0 aliphatic carbocycles. The van der Waals surface area contributed by atoms with Crippen molar-refractivity contribution in [3.05, 3.63) is 29.1 Å². The van der Waals surface area contributed by atoms with E-state index < -0.39 is 0 Å². The normalized spacial score (nSPS) is 11.6. The van der Waals surface area contributed by atoms with Crippen molar-refractivity contribution >= 4 is 15.9 Å². The zero-order valence-corrected chi connectivity index (χ0v) is 11.1. The number of rotatable bonds is 3. The average Bonchev–Trinajstić information content (AvgIpc) is 2.21. The second-order valence-corrected chi connectivity index (χ2v) is 4.88. The highest BCUT2D eigenvalue weighted by atomic mass is 79.9. The molecule has 0 aliphatic heterocycles. The Morgan fingerprint density at radius 2 is 2.00 bits per heavy atom. The van der Waals surface area contributed by atoms with Crippen LogP contribution >= 0.6 is 15.9 Å². The van der Waals surface area contributed by atoms with Crippen LogP contribution in [0.15, 0.2) is 12.1 Å². The number of halogens is 2. The molecule has 0 N–H and O–H groups in total. The number of benzene rings is 1. The third-order valence-electron chi connectivity index (χ3n) is 2.54. The van der Waals surface area contributed by atoms with Gasteiger partial charge >= 0.3 is 0 Å². The molecule has 0 amide bonds. The van der Waals surface area contributed by atoms with Crippen molar-refractivity contribution < 1.29 is 9.13 Å². The fourth-order valence-electron chi connectivity index (χ4n) is 1.42. The van der Waals surface area contributed by atoms with E-state index in [4.69, 9.17) is 4.74 Å². The second kappa shape index (κ2) is 4.52. The Morgan fingerprint density at radius 1 is 1.40 bits per heavy atom. The number of methoxy groups -OCH3 is 1. The molecular weight excluding hydrogens is 259 g/mol. The summed E-state index contributed by atoms with van der Waals surface area (Å²) in [5.74, 6) is 0.568. The zero-order valence-electron chi connectivity index (χ0n) is 9.53. The molecule has 3 heteroatoms. The van der Waals surface area contributed by atoms with Gasteiger partial charge in [0.15, 0.2) is 0 Å². The molecule has 0 saturated heterocycles. The molecule has 0 aliphatic rings. The van der Waals surface area contributed by atoms with Gasteiger partial charge in [0.1, 0.15) is 11.6 Å². The maximum absolute atomic E-state index is 13.5. The minimum atomic E-state index is -0.181. The quantitative estimate of drug-likeness (QED) is 0.762. The topological polar surface area (TPSA) is 9.23 Å². The molecule has 0 heterocycles. The van der Waals surface area contributed by atoms with E-state index in [0.717, 1.165) is 16.6 Å². The molecule has 0 radical (unpaired) electrons. The van der Waals surface area contributed by atoms with Gasteiger partial charge in [-0.15, -0.1) is 0 Å². The molecule has 0 fully saturated rings. The maximum atomic E-state index is 13.5. The second-order valence-electron chi connectivity index (χ2n) is 4.32. The zero-order chi connectivity index (χ0) is 11.6. The standard InChI is InChI=1S/C12H16BrFO/c1-8-5-11(15-4)9(6-10(8)14)12(2,3)7-13/h5-6H,7H2,1-4H3. The summed E-state index contributed by atoms with van der Waals surface area (Å²) in [6, 6.07) is 3.31. The van der Waals surface area contributed by atoms with Crippen molar-refractivity contribution in [2.24, 2.45) is 0 Å². The van der Waals surface area contributed by atoms with Gasteiger partial charge in [-0.2, -0.15) is 0 Å². The monoisotopic (exact) mass is 274 g/mol. The molecule has 1 aromatic rings. The summed E-state index contributed by atoms with van der Waals surface area (Å²) < 4.78 is 18.8. The summed E-state index contributed by atoms with van der Waals surface area (Å²) in [7, 11) is 1.61. The van der Waals surface area contributed by atoms with Crippen LogP contribution in [0, 0.1) is 12.7 Å². The smallest absolute Gasteiger partial charge is 0.126 e. The number of aryl methyl sites for hydroxylation is 1. The van der Waals surface area contributed by atoms with Gasteiger partial charge in [-0.1, -0.05) is 29.8 Å². The van der Waals surface area contributed by atoms with Crippen LogP contribution in [0.1, 0.15) is 25.0 Å². The van der Waals surface area contributed by atoms with Gasteiger partial charge in [-0.25, -0.2) is 4.39 Å². The molecule has 0 saturated carbocycles. The highest BCUT2D eigenvalue weighted by Crippen LogP contribution is 2.34. The average molecular weight is 275 g/mol. The summed E-state index contributed by atoms with van der Waals surface area (Å²) in [4.78, 5) is 0. The van der Waals surface area contributed by atoms with Gasteiger partial charge < -0.3 is 4.74 Å². The highest BCUT2D eigenvalue weighted by molar-refractivity contribution is 9.09. The Labute approximate surface area is 98.8 Å². The van der Waals surface area contributed by atoms with E-state index in [2.05, 4.69) is 15.9 Å². The van der Waals surface area contributed by atoms with E-state index >= 15 is 0 Å². The van der Waals surface area contributed by atoms with E-state index in [1.54, 1.807) is 26.2 Å². The molecule has 1 nitrogen and oxygen atoms in total. The van der Waals surface area contributed by atoms with E-state index in [0.29, 0.717) is 5.56 Å². The Kier molecular flexibility index (Phi) is 3.77. The Hall–Kier alpha value is -0.570. The first kappa shape index (κ1) is 12.5. The van der Waals surface area contributed by atoms with Crippen LogP contribution in [0.2, 0.25) is 0 Å². The molecule has 0 aromatic heterocycles. The largest absolute Gasteiger partial charge is 0.496 e. The van der Waals surface area contributed by atoms with Gasteiger partial charge in [-0.05, 0) is 24.6 Å². The number of hydrogen-bond donors (Lipinski definition) is 0. The van der Waals surface area contributed by atoms with Crippen LogP contribution in [-0.2, 0) is 5.41 Å². The minimum Gasteiger partial charge on any atom is -0.496 e. The molecule has 0 atom stereocenters.